The van der Waals surface area contributed by atoms with Crippen LogP contribution in [0.4, 0.5) is 9.18 Å². The van der Waals surface area contributed by atoms with Gasteiger partial charge in [-0.3, -0.25) is 0 Å². The Bertz CT molecular complexity index is 338. The summed E-state index contributed by atoms with van der Waals surface area (Å²) >= 11 is 0. The highest BCUT2D eigenvalue weighted by molar-refractivity contribution is 5.68. The Morgan fingerprint density at radius 1 is 1.44 bits per heavy atom. The summed E-state index contributed by atoms with van der Waals surface area (Å²) in [6.07, 6.45) is 0.222. The summed E-state index contributed by atoms with van der Waals surface area (Å²) in [7, 11) is 0. The first kappa shape index (κ1) is 13.6. The van der Waals surface area contributed by atoms with Crippen LogP contribution in [-0.4, -0.2) is 46.6 Å². The van der Waals surface area contributed by atoms with Gasteiger partial charge in [0.15, 0.2) is 0 Å². The third-order valence-corrected chi connectivity index (χ3v) is 3.64. The van der Waals surface area contributed by atoms with E-state index in [0.29, 0.717) is 13.0 Å². The molecule has 2 atom stereocenters. The Hall–Kier alpha value is -0.840. The lowest BCUT2D eigenvalue weighted by molar-refractivity contribution is -0.0991. The molecule has 0 radical (unpaired) electrons. The number of nitrogens with zero attached hydrogens (tertiary/aromatic N) is 1. The molecule has 1 amide bonds. The number of hydrogen-bond donors (Lipinski definition) is 1. The molecule has 2 rings (SSSR count). The third-order valence-electron chi connectivity index (χ3n) is 3.64. The van der Waals surface area contributed by atoms with Crippen LogP contribution in [0.15, 0.2) is 0 Å². The molecule has 1 N–H and O–H groups in total. The van der Waals surface area contributed by atoms with Crippen LogP contribution < -0.4 is 0 Å². The fourth-order valence-corrected chi connectivity index (χ4v) is 2.45. The Labute approximate surface area is 107 Å². The Morgan fingerprint density at radius 2 is 2.06 bits per heavy atom. The zero-order valence-electron chi connectivity index (χ0n) is 11.3. The molecule has 0 bridgehead atoms. The molecule has 1 aliphatic heterocycles. The molecule has 2 aliphatic rings. The first-order valence-corrected chi connectivity index (χ1v) is 6.57. The van der Waals surface area contributed by atoms with Crippen molar-refractivity contribution >= 4 is 6.09 Å². The number of halogens is 1. The third kappa shape index (κ3) is 2.76. The van der Waals surface area contributed by atoms with Crippen LogP contribution in [-0.2, 0) is 4.74 Å². The maximum absolute atomic E-state index is 14.1. The Balaban J connectivity index is 1.93. The van der Waals surface area contributed by atoms with E-state index in [1.54, 1.807) is 20.8 Å². The Kier molecular flexibility index (Phi) is 3.30. The van der Waals surface area contributed by atoms with E-state index in [4.69, 9.17) is 4.74 Å². The molecule has 4 nitrogen and oxygen atoms in total. The summed E-state index contributed by atoms with van der Waals surface area (Å²) in [5.74, 6) is 0.0771. The lowest BCUT2D eigenvalue weighted by Gasteiger charge is -2.41. The van der Waals surface area contributed by atoms with E-state index in [1.807, 2.05) is 0 Å². The van der Waals surface area contributed by atoms with Crippen LogP contribution in [0, 0.1) is 5.92 Å². The van der Waals surface area contributed by atoms with Crippen molar-refractivity contribution in [3.63, 3.8) is 0 Å². The minimum atomic E-state index is -1.37. The second kappa shape index (κ2) is 4.37. The minimum absolute atomic E-state index is 0.0675. The van der Waals surface area contributed by atoms with Gasteiger partial charge in [0.2, 0.25) is 0 Å². The molecular formula is C13H22FNO3. The van der Waals surface area contributed by atoms with Crippen molar-refractivity contribution in [2.45, 2.75) is 57.4 Å². The van der Waals surface area contributed by atoms with Gasteiger partial charge in [-0.05, 0) is 46.0 Å². The molecule has 0 aromatic carbocycles. The zero-order valence-corrected chi connectivity index (χ0v) is 11.3. The summed E-state index contributed by atoms with van der Waals surface area (Å²) < 4.78 is 19.3. The molecule has 0 spiro atoms. The highest BCUT2D eigenvalue weighted by Crippen LogP contribution is 2.46. The van der Waals surface area contributed by atoms with Gasteiger partial charge in [-0.2, -0.15) is 0 Å². The standard InChI is InChI=1S/C13H22FNO3/c1-12(2,3)18-11(16)15-7-6-13(17,9-4-5-9)10(14)8-15/h9-10,17H,4-8H2,1-3H3. The summed E-state index contributed by atoms with van der Waals surface area (Å²) in [4.78, 5) is 13.2. The molecule has 1 saturated carbocycles. The fourth-order valence-electron chi connectivity index (χ4n) is 2.45. The Morgan fingerprint density at radius 3 is 2.50 bits per heavy atom. The van der Waals surface area contributed by atoms with Crippen LogP contribution in [0.3, 0.4) is 0 Å². The minimum Gasteiger partial charge on any atom is -0.444 e. The van der Waals surface area contributed by atoms with Crippen molar-refractivity contribution in [3.05, 3.63) is 0 Å². The fraction of sp³-hybridized carbons (Fsp3) is 0.923. The molecular weight excluding hydrogens is 237 g/mol. The smallest absolute Gasteiger partial charge is 0.410 e. The van der Waals surface area contributed by atoms with E-state index in [-0.39, 0.29) is 12.5 Å². The van der Waals surface area contributed by atoms with Gasteiger partial charge in [-0.25, -0.2) is 9.18 Å². The number of aliphatic hydroxyl groups is 1. The van der Waals surface area contributed by atoms with Crippen LogP contribution in [0.1, 0.15) is 40.0 Å². The highest BCUT2D eigenvalue weighted by atomic mass is 19.1. The summed E-state index contributed by atoms with van der Waals surface area (Å²) in [5, 5.41) is 10.3. The van der Waals surface area contributed by atoms with Gasteiger partial charge >= 0.3 is 6.09 Å². The highest BCUT2D eigenvalue weighted by Gasteiger charge is 2.52. The lowest BCUT2D eigenvalue weighted by Crippen LogP contribution is -2.56. The number of carbonyl (C=O) groups is 1. The van der Waals surface area contributed by atoms with Crippen LogP contribution >= 0.6 is 0 Å². The molecule has 104 valence electrons. The van der Waals surface area contributed by atoms with E-state index < -0.39 is 23.5 Å². The maximum atomic E-state index is 14.1. The number of ether oxygens (including phenoxy) is 1. The van der Waals surface area contributed by atoms with Crippen molar-refractivity contribution in [3.8, 4) is 0 Å². The largest absolute Gasteiger partial charge is 0.444 e. The monoisotopic (exact) mass is 259 g/mol. The second-order valence-corrected chi connectivity index (χ2v) is 6.41. The van der Waals surface area contributed by atoms with E-state index in [9.17, 15) is 14.3 Å². The predicted octanol–water partition coefficient (Wildman–Crippen LogP) is 2.11. The molecule has 2 fully saturated rings. The predicted molar refractivity (Wildman–Crippen MR) is 65.0 cm³/mol. The quantitative estimate of drug-likeness (QED) is 0.784. The summed E-state index contributed by atoms with van der Waals surface area (Å²) in [6.45, 7) is 5.64. The molecule has 0 aromatic heterocycles. The normalized spacial score (nSPS) is 33.4. The van der Waals surface area contributed by atoms with Crippen LogP contribution in [0.25, 0.3) is 0 Å². The second-order valence-electron chi connectivity index (χ2n) is 6.41. The van der Waals surface area contributed by atoms with Crippen molar-refractivity contribution in [2.24, 2.45) is 5.92 Å². The molecule has 1 saturated heterocycles. The first-order valence-electron chi connectivity index (χ1n) is 6.57. The van der Waals surface area contributed by atoms with Gasteiger partial charge in [0.25, 0.3) is 0 Å². The number of alkyl halides is 1. The van der Waals surface area contributed by atoms with Crippen LogP contribution in [0.5, 0.6) is 0 Å². The SMILES string of the molecule is CC(C)(C)OC(=O)N1CCC(O)(C2CC2)C(F)C1. The van der Waals surface area contributed by atoms with E-state index in [1.165, 1.54) is 4.90 Å². The summed E-state index contributed by atoms with van der Waals surface area (Å²) in [6, 6.07) is 0. The number of amides is 1. The van der Waals surface area contributed by atoms with Crippen molar-refractivity contribution < 1.29 is 19.0 Å². The van der Waals surface area contributed by atoms with Crippen molar-refractivity contribution in [2.75, 3.05) is 13.1 Å². The number of rotatable bonds is 1. The summed E-state index contributed by atoms with van der Waals surface area (Å²) in [5.41, 5.74) is -1.80. The molecule has 5 heteroatoms. The van der Waals surface area contributed by atoms with Gasteiger partial charge in [-0.1, -0.05) is 0 Å². The van der Waals surface area contributed by atoms with E-state index in [2.05, 4.69) is 0 Å². The molecule has 18 heavy (non-hydrogen) atoms. The average molecular weight is 259 g/mol. The zero-order chi connectivity index (χ0) is 13.6. The number of carbonyl (C=O) groups excluding carboxylic acids is 1. The number of hydrogen-bond acceptors (Lipinski definition) is 3. The van der Waals surface area contributed by atoms with Gasteiger partial charge in [0.05, 0.1) is 6.54 Å². The van der Waals surface area contributed by atoms with Gasteiger partial charge in [-0.15, -0.1) is 0 Å². The number of likely N-dealkylation sites (tertiary alicyclic amines) is 1. The maximum Gasteiger partial charge on any atom is 0.410 e. The topological polar surface area (TPSA) is 49.8 Å². The van der Waals surface area contributed by atoms with Gasteiger partial charge < -0.3 is 14.7 Å². The molecule has 1 heterocycles. The van der Waals surface area contributed by atoms with Crippen molar-refractivity contribution in [1.29, 1.82) is 0 Å². The molecule has 1 aliphatic carbocycles. The lowest BCUT2D eigenvalue weighted by atomic mass is 9.85. The average Bonchev–Trinajstić information content (AvgIpc) is 3.03. The number of piperidine rings is 1. The van der Waals surface area contributed by atoms with E-state index in [0.717, 1.165) is 12.8 Å². The van der Waals surface area contributed by atoms with Crippen molar-refractivity contribution in [1.82, 2.24) is 4.90 Å². The molecule has 2 unspecified atom stereocenters. The van der Waals surface area contributed by atoms with Crippen LogP contribution in [0.2, 0.25) is 0 Å². The molecule has 0 aromatic rings. The first-order chi connectivity index (χ1) is 8.22. The van der Waals surface area contributed by atoms with Gasteiger partial charge in [0, 0.05) is 6.54 Å². The van der Waals surface area contributed by atoms with Gasteiger partial charge in [0.1, 0.15) is 17.4 Å². The van der Waals surface area contributed by atoms with E-state index >= 15 is 0 Å².